The predicted octanol–water partition coefficient (Wildman–Crippen LogP) is 2.51. The van der Waals surface area contributed by atoms with Gasteiger partial charge in [-0.25, -0.2) is 0 Å². The first-order valence-corrected chi connectivity index (χ1v) is 6.76. The van der Waals surface area contributed by atoms with E-state index in [1.54, 1.807) is 0 Å². The summed E-state index contributed by atoms with van der Waals surface area (Å²) in [7, 11) is 0. The van der Waals surface area contributed by atoms with Gasteiger partial charge in [-0.2, -0.15) is 0 Å². The number of aliphatic imine (C=N–C) groups is 1. The molecule has 3 heteroatoms. The number of thioether (sulfide) groups is 1. The molecule has 2 nitrogen and oxygen atoms in total. The summed E-state index contributed by atoms with van der Waals surface area (Å²) >= 11 is 1.87. The molecule has 2 unspecified atom stereocenters. The van der Waals surface area contributed by atoms with Gasteiger partial charge in [0.25, 0.3) is 0 Å². The fourth-order valence-electron chi connectivity index (χ4n) is 2.36. The van der Waals surface area contributed by atoms with Crippen LogP contribution in [0.4, 0.5) is 0 Å². The monoisotopic (exact) mass is 212 g/mol. The summed E-state index contributed by atoms with van der Waals surface area (Å²) in [5.41, 5.74) is 0. The van der Waals surface area contributed by atoms with Crippen LogP contribution in [0.2, 0.25) is 0 Å². The Morgan fingerprint density at radius 3 is 3.00 bits per heavy atom. The van der Waals surface area contributed by atoms with Crippen LogP contribution in [0.3, 0.4) is 0 Å². The van der Waals surface area contributed by atoms with Crippen molar-refractivity contribution >= 4 is 16.9 Å². The van der Waals surface area contributed by atoms with Gasteiger partial charge in [-0.1, -0.05) is 37.9 Å². The Morgan fingerprint density at radius 1 is 1.43 bits per heavy atom. The molecule has 0 aromatic heterocycles. The van der Waals surface area contributed by atoms with Gasteiger partial charge in [-0.15, -0.1) is 0 Å². The fourth-order valence-corrected chi connectivity index (χ4v) is 3.10. The highest BCUT2D eigenvalue weighted by atomic mass is 32.2. The van der Waals surface area contributed by atoms with Crippen molar-refractivity contribution in [1.82, 2.24) is 5.32 Å². The van der Waals surface area contributed by atoms with E-state index in [1.165, 1.54) is 36.6 Å². The highest BCUT2D eigenvalue weighted by Gasteiger charge is 2.21. The summed E-state index contributed by atoms with van der Waals surface area (Å²) in [6.45, 7) is 4.55. The summed E-state index contributed by atoms with van der Waals surface area (Å²) in [4.78, 5) is 4.41. The normalized spacial score (nSPS) is 32.8. The maximum Gasteiger partial charge on any atom is 0.156 e. The quantitative estimate of drug-likeness (QED) is 0.760. The zero-order chi connectivity index (χ0) is 9.80. The lowest BCUT2D eigenvalue weighted by Gasteiger charge is -2.28. The predicted molar refractivity (Wildman–Crippen MR) is 63.9 cm³/mol. The Bertz CT molecular complexity index is 215. The lowest BCUT2D eigenvalue weighted by Crippen LogP contribution is -2.31. The molecule has 0 aromatic carbocycles. The second-order valence-electron chi connectivity index (χ2n) is 4.44. The number of rotatable bonds is 2. The van der Waals surface area contributed by atoms with E-state index in [9.17, 15) is 0 Å². The van der Waals surface area contributed by atoms with E-state index in [2.05, 4.69) is 17.2 Å². The number of nitrogens with zero attached hydrogens (tertiary/aromatic N) is 1. The summed E-state index contributed by atoms with van der Waals surface area (Å²) in [6, 6.07) is 0. The van der Waals surface area contributed by atoms with Crippen molar-refractivity contribution in [2.45, 2.75) is 32.6 Å². The zero-order valence-electron chi connectivity index (χ0n) is 8.96. The van der Waals surface area contributed by atoms with E-state index < -0.39 is 0 Å². The van der Waals surface area contributed by atoms with Gasteiger partial charge in [-0.3, -0.25) is 4.99 Å². The van der Waals surface area contributed by atoms with Crippen molar-refractivity contribution in [2.75, 3.05) is 18.8 Å². The molecular formula is C11H20N2S. The third kappa shape index (κ3) is 2.66. The van der Waals surface area contributed by atoms with Crippen LogP contribution in [0.5, 0.6) is 0 Å². The minimum atomic E-state index is 0.882. The van der Waals surface area contributed by atoms with Crippen LogP contribution < -0.4 is 5.32 Å². The van der Waals surface area contributed by atoms with Crippen LogP contribution in [-0.2, 0) is 0 Å². The van der Waals surface area contributed by atoms with E-state index >= 15 is 0 Å². The van der Waals surface area contributed by atoms with E-state index in [-0.39, 0.29) is 0 Å². The largest absolute Gasteiger partial charge is 0.365 e. The van der Waals surface area contributed by atoms with Gasteiger partial charge >= 0.3 is 0 Å². The van der Waals surface area contributed by atoms with Crippen molar-refractivity contribution < 1.29 is 0 Å². The van der Waals surface area contributed by atoms with Gasteiger partial charge in [-0.05, 0) is 18.3 Å². The Balaban J connectivity index is 1.73. The molecule has 14 heavy (non-hydrogen) atoms. The molecule has 1 aliphatic carbocycles. The lowest BCUT2D eigenvalue weighted by atomic mass is 9.80. The smallest absolute Gasteiger partial charge is 0.156 e. The van der Waals surface area contributed by atoms with Crippen molar-refractivity contribution in [3.8, 4) is 0 Å². The van der Waals surface area contributed by atoms with Crippen LogP contribution in [0.15, 0.2) is 4.99 Å². The van der Waals surface area contributed by atoms with Gasteiger partial charge < -0.3 is 5.32 Å². The second-order valence-corrected chi connectivity index (χ2v) is 5.52. The molecule has 2 atom stereocenters. The number of hydrogen-bond donors (Lipinski definition) is 1. The maximum absolute atomic E-state index is 4.41. The minimum absolute atomic E-state index is 0.882. The van der Waals surface area contributed by atoms with Gasteiger partial charge in [0, 0.05) is 12.3 Å². The van der Waals surface area contributed by atoms with Crippen molar-refractivity contribution in [2.24, 2.45) is 16.8 Å². The summed E-state index contributed by atoms with van der Waals surface area (Å²) in [5, 5.41) is 4.68. The van der Waals surface area contributed by atoms with E-state index in [0.717, 1.165) is 24.9 Å². The van der Waals surface area contributed by atoms with Crippen molar-refractivity contribution in [1.29, 1.82) is 0 Å². The molecule has 0 amide bonds. The fraction of sp³-hybridized carbons (Fsp3) is 0.909. The third-order valence-electron chi connectivity index (χ3n) is 3.39. The van der Waals surface area contributed by atoms with E-state index in [1.807, 2.05) is 11.8 Å². The molecule has 2 rings (SSSR count). The van der Waals surface area contributed by atoms with Crippen LogP contribution in [-0.4, -0.2) is 24.0 Å². The summed E-state index contributed by atoms with van der Waals surface area (Å²) in [6.07, 6.45) is 5.70. The van der Waals surface area contributed by atoms with Crippen LogP contribution in [0.25, 0.3) is 0 Å². The average molecular weight is 212 g/mol. The third-order valence-corrected chi connectivity index (χ3v) is 4.32. The molecule has 1 fully saturated rings. The Kier molecular flexibility index (Phi) is 3.74. The average Bonchev–Trinajstić information content (AvgIpc) is 2.69. The molecule has 2 aliphatic rings. The summed E-state index contributed by atoms with van der Waals surface area (Å²) < 4.78 is 0. The van der Waals surface area contributed by atoms with Crippen LogP contribution in [0, 0.1) is 11.8 Å². The SMILES string of the molecule is CC1CCCCC1CNC1=NCCS1. The Labute approximate surface area is 90.9 Å². The molecule has 1 heterocycles. The number of hydrogen-bond acceptors (Lipinski definition) is 3. The number of nitrogens with one attached hydrogen (secondary N) is 1. The van der Waals surface area contributed by atoms with Gasteiger partial charge in [0.05, 0.1) is 6.54 Å². The summed E-state index contributed by atoms with van der Waals surface area (Å²) in [5.74, 6) is 2.96. The van der Waals surface area contributed by atoms with Crippen molar-refractivity contribution in [3.05, 3.63) is 0 Å². The van der Waals surface area contributed by atoms with Gasteiger partial charge in [0.2, 0.25) is 0 Å². The van der Waals surface area contributed by atoms with E-state index in [0.29, 0.717) is 0 Å². The molecule has 80 valence electrons. The Morgan fingerprint density at radius 2 is 2.29 bits per heavy atom. The van der Waals surface area contributed by atoms with Crippen LogP contribution in [0.1, 0.15) is 32.6 Å². The molecule has 0 spiro atoms. The molecule has 1 saturated carbocycles. The standard InChI is InChI=1S/C11H20N2S/c1-9-4-2-3-5-10(9)8-13-11-12-6-7-14-11/h9-10H,2-8H2,1H3,(H,12,13). The maximum atomic E-state index is 4.41. The molecule has 0 radical (unpaired) electrons. The first-order chi connectivity index (χ1) is 6.86. The molecule has 1 aliphatic heterocycles. The second kappa shape index (κ2) is 5.06. The molecule has 0 saturated heterocycles. The first kappa shape index (κ1) is 10.3. The van der Waals surface area contributed by atoms with E-state index in [4.69, 9.17) is 0 Å². The Hall–Kier alpha value is -0.180. The highest BCUT2D eigenvalue weighted by Crippen LogP contribution is 2.29. The van der Waals surface area contributed by atoms with Gasteiger partial charge in [0.15, 0.2) is 5.17 Å². The van der Waals surface area contributed by atoms with Crippen molar-refractivity contribution in [3.63, 3.8) is 0 Å². The van der Waals surface area contributed by atoms with Gasteiger partial charge in [0.1, 0.15) is 0 Å². The molecule has 0 aromatic rings. The topological polar surface area (TPSA) is 24.4 Å². The van der Waals surface area contributed by atoms with Crippen LogP contribution >= 0.6 is 11.8 Å². The minimum Gasteiger partial charge on any atom is -0.365 e. The number of amidine groups is 1. The molecular weight excluding hydrogens is 192 g/mol. The molecule has 1 N–H and O–H groups in total. The zero-order valence-corrected chi connectivity index (χ0v) is 9.78. The highest BCUT2D eigenvalue weighted by molar-refractivity contribution is 8.14. The molecule has 0 bridgehead atoms. The first-order valence-electron chi connectivity index (χ1n) is 5.77. The lowest BCUT2D eigenvalue weighted by molar-refractivity contribution is 0.257.